The molecule has 8 heteroatoms. The largest absolute Gasteiger partial charge is 0.377 e. The summed E-state index contributed by atoms with van der Waals surface area (Å²) in [4.78, 5) is 4.93. The minimum absolute atomic E-state index is 0.169. The minimum atomic E-state index is 0.169. The Labute approximate surface area is 182 Å². The predicted molar refractivity (Wildman–Crippen MR) is 121 cm³/mol. The first-order valence-corrected chi connectivity index (χ1v) is 11.1. The molecule has 0 spiro atoms. The average Bonchev–Trinajstić information content (AvgIpc) is 3.46. The van der Waals surface area contributed by atoms with Crippen LogP contribution in [0, 0.1) is 5.41 Å². The third-order valence-corrected chi connectivity index (χ3v) is 6.91. The van der Waals surface area contributed by atoms with Gasteiger partial charge in [0.25, 0.3) is 0 Å². The van der Waals surface area contributed by atoms with Crippen molar-refractivity contribution in [2.24, 2.45) is 0 Å². The molecule has 3 aliphatic rings. The lowest BCUT2D eigenvalue weighted by Crippen LogP contribution is -2.66. The fourth-order valence-corrected chi connectivity index (χ4v) is 4.79. The van der Waals surface area contributed by atoms with Gasteiger partial charge in [0.05, 0.1) is 47.4 Å². The average molecular weight is 429 g/mol. The highest BCUT2D eigenvalue weighted by Crippen LogP contribution is 2.38. The molecule has 5 rings (SSSR count). The van der Waals surface area contributed by atoms with E-state index in [1.54, 1.807) is 0 Å². The quantitative estimate of drug-likeness (QED) is 0.682. The second-order valence-corrected chi connectivity index (χ2v) is 9.49. The number of halogens is 1. The van der Waals surface area contributed by atoms with Crippen molar-refractivity contribution in [1.82, 2.24) is 14.7 Å². The van der Waals surface area contributed by atoms with Crippen LogP contribution >= 0.6 is 11.6 Å². The van der Waals surface area contributed by atoms with Gasteiger partial charge in [-0.2, -0.15) is 5.10 Å². The molecule has 3 heterocycles. The lowest BCUT2D eigenvalue weighted by atomic mass is 9.95. The zero-order chi connectivity index (χ0) is 20.9. The zero-order valence-electron chi connectivity index (χ0n) is 17.6. The summed E-state index contributed by atoms with van der Waals surface area (Å²) in [7, 11) is 0. The Kier molecular flexibility index (Phi) is 5.00. The normalized spacial score (nSPS) is 23.8. The number of piperazine rings is 1. The van der Waals surface area contributed by atoms with Gasteiger partial charge in [0.1, 0.15) is 0 Å². The van der Waals surface area contributed by atoms with Gasteiger partial charge in [0, 0.05) is 49.3 Å². The maximum atomic E-state index is 7.83. The molecule has 1 unspecified atom stereocenters. The molecule has 0 radical (unpaired) electrons. The molecule has 7 nitrogen and oxygen atoms in total. The smallest absolute Gasteiger partial charge is 0.0770 e. The molecule has 1 aromatic carbocycles. The molecule has 0 amide bonds. The molecule has 2 N–H and O–H groups in total. The summed E-state index contributed by atoms with van der Waals surface area (Å²) < 4.78 is 7.49. The van der Waals surface area contributed by atoms with E-state index in [2.05, 4.69) is 40.1 Å². The van der Waals surface area contributed by atoms with E-state index in [9.17, 15) is 0 Å². The number of nitrogens with one attached hydrogen (secondary N) is 2. The lowest BCUT2D eigenvalue weighted by molar-refractivity contribution is -0.134. The van der Waals surface area contributed by atoms with Crippen LogP contribution in [0.3, 0.4) is 0 Å². The van der Waals surface area contributed by atoms with Gasteiger partial charge in [-0.15, -0.1) is 0 Å². The lowest BCUT2D eigenvalue weighted by Gasteiger charge is -2.52. The summed E-state index contributed by atoms with van der Waals surface area (Å²) in [6.07, 6.45) is 7.65. The number of anilines is 3. The second kappa shape index (κ2) is 7.55. The van der Waals surface area contributed by atoms with Crippen molar-refractivity contribution in [1.29, 1.82) is 5.41 Å². The summed E-state index contributed by atoms with van der Waals surface area (Å²) in [6, 6.07) is 4.85. The van der Waals surface area contributed by atoms with E-state index < -0.39 is 0 Å². The highest BCUT2D eigenvalue weighted by atomic mass is 35.5. The number of rotatable bonds is 6. The van der Waals surface area contributed by atoms with E-state index in [-0.39, 0.29) is 5.54 Å². The van der Waals surface area contributed by atoms with Crippen molar-refractivity contribution in [3.8, 4) is 0 Å². The van der Waals surface area contributed by atoms with Gasteiger partial charge < -0.3 is 20.4 Å². The van der Waals surface area contributed by atoms with Crippen LogP contribution in [0.4, 0.5) is 17.1 Å². The fourth-order valence-electron chi connectivity index (χ4n) is 4.51. The first-order valence-electron chi connectivity index (χ1n) is 10.7. The van der Waals surface area contributed by atoms with E-state index in [4.69, 9.17) is 21.7 Å². The van der Waals surface area contributed by atoms with E-state index in [0.717, 1.165) is 55.5 Å². The highest BCUT2D eigenvalue weighted by molar-refractivity contribution is 6.33. The van der Waals surface area contributed by atoms with E-state index in [1.807, 2.05) is 23.1 Å². The van der Waals surface area contributed by atoms with Gasteiger partial charge in [0.2, 0.25) is 0 Å². The molecule has 160 valence electrons. The molecule has 2 saturated heterocycles. The van der Waals surface area contributed by atoms with Gasteiger partial charge in [-0.1, -0.05) is 11.6 Å². The number of hydrogen-bond acceptors (Lipinski definition) is 6. The second-order valence-electron chi connectivity index (χ2n) is 9.08. The maximum absolute atomic E-state index is 7.83. The molecular weight excluding hydrogens is 400 g/mol. The first-order chi connectivity index (χ1) is 14.5. The summed E-state index contributed by atoms with van der Waals surface area (Å²) in [5.41, 5.74) is 3.78. The van der Waals surface area contributed by atoms with Crippen molar-refractivity contribution in [2.45, 2.75) is 44.3 Å². The Bertz CT molecular complexity index is 951. The highest BCUT2D eigenvalue weighted by Gasteiger charge is 2.42. The summed E-state index contributed by atoms with van der Waals surface area (Å²) in [5, 5.41) is 16.4. The minimum Gasteiger partial charge on any atom is -0.377 e. The standard InChI is InChI=1S/C22H29ClN6O/c1-15-11-27(22(2)13-30-14-22)5-6-28(15)21-8-20(16(9-24)7-19(21)23)26-17-10-25-29(12-17)18-3-4-18/h7-10,12,15,18,24,26H,3-6,11,13-14H2,1-2H3. The third-order valence-electron chi connectivity index (χ3n) is 6.60. The van der Waals surface area contributed by atoms with E-state index in [0.29, 0.717) is 17.1 Å². The van der Waals surface area contributed by atoms with E-state index >= 15 is 0 Å². The van der Waals surface area contributed by atoms with Crippen LogP contribution < -0.4 is 10.2 Å². The van der Waals surface area contributed by atoms with Gasteiger partial charge in [-0.3, -0.25) is 9.58 Å². The molecule has 1 aromatic heterocycles. The molecular formula is C22H29ClN6O. The molecule has 1 saturated carbocycles. The molecule has 3 fully saturated rings. The van der Waals surface area contributed by atoms with Crippen LogP contribution in [-0.2, 0) is 4.74 Å². The monoisotopic (exact) mass is 428 g/mol. The Morgan fingerprint density at radius 2 is 2.10 bits per heavy atom. The predicted octanol–water partition coefficient (Wildman–Crippen LogP) is 3.91. The Balaban J connectivity index is 1.38. The Hall–Kier alpha value is -2.09. The molecule has 2 aromatic rings. The van der Waals surface area contributed by atoms with Crippen molar-refractivity contribution in [3.05, 3.63) is 35.1 Å². The van der Waals surface area contributed by atoms with Crippen molar-refractivity contribution in [2.75, 3.05) is 43.1 Å². The Morgan fingerprint density at radius 3 is 2.73 bits per heavy atom. The van der Waals surface area contributed by atoms with Crippen LogP contribution in [0.2, 0.25) is 5.02 Å². The van der Waals surface area contributed by atoms with Crippen LogP contribution in [0.25, 0.3) is 0 Å². The number of hydrogen-bond donors (Lipinski definition) is 2. The van der Waals surface area contributed by atoms with Gasteiger partial charge >= 0.3 is 0 Å². The van der Waals surface area contributed by atoms with Gasteiger partial charge in [-0.05, 0) is 38.8 Å². The number of benzene rings is 1. The molecule has 1 atom stereocenters. The fraction of sp³-hybridized carbons (Fsp3) is 0.545. The number of nitrogens with zero attached hydrogens (tertiary/aromatic N) is 4. The SMILES string of the molecule is CC1CN(C2(C)COC2)CCN1c1cc(Nc2cnn(C3CC3)c2)c(C=N)cc1Cl. The van der Waals surface area contributed by atoms with E-state index in [1.165, 1.54) is 19.1 Å². The summed E-state index contributed by atoms with van der Waals surface area (Å²) in [5.74, 6) is 0. The third kappa shape index (κ3) is 3.59. The zero-order valence-corrected chi connectivity index (χ0v) is 18.3. The molecule has 30 heavy (non-hydrogen) atoms. The van der Waals surface area contributed by atoms with Crippen LogP contribution in [-0.4, -0.2) is 65.3 Å². The molecule has 0 bridgehead atoms. The summed E-state index contributed by atoms with van der Waals surface area (Å²) in [6.45, 7) is 9.06. The van der Waals surface area contributed by atoms with Crippen LogP contribution in [0.15, 0.2) is 24.5 Å². The molecule has 2 aliphatic heterocycles. The van der Waals surface area contributed by atoms with Gasteiger partial charge in [0.15, 0.2) is 0 Å². The maximum Gasteiger partial charge on any atom is 0.0770 e. The van der Waals surface area contributed by atoms with Crippen molar-refractivity contribution in [3.63, 3.8) is 0 Å². The van der Waals surface area contributed by atoms with Crippen molar-refractivity contribution < 1.29 is 4.74 Å². The number of aromatic nitrogens is 2. The van der Waals surface area contributed by atoms with Crippen molar-refractivity contribution >= 4 is 34.9 Å². The topological polar surface area (TPSA) is 69.4 Å². The van der Waals surface area contributed by atoms with Crippen LogP contribution in [0.5, 0.6) is 0 Å². The number of ether oxygens (including phenoxy) is 1. The molecule has 1 aliphatic carbocycles. The first kappa shape index (κ1) is 19.8. The van der Waals surface area contributed by atoms with Gasteiger partial charge in [-0.25, -0.2) is 0 Å². The van der Waals surface area contributed by atoms with Crippen LogP contribution in [0.1, 0.15) is 38.3 Å². The Morgan fingerprint density at radius 1 is 1.30 bits per heavy atom. The summed E-state index contributed by atoms with van der Waals surface area (Å²) >= 11 is 6.68.